The van der Waals surface area contributed by atoms with E-state index in [4.69, 9.17) is 16.3 Å². The average Bonchev–Trinajstić information content (AvgIpc) is 2.74. The second-order valence-corrected chi connectivity index (χ2v) is 7.62. The van der Waals surface area contributed by atoms with Gasteiger partial charge in [-0.05, 0) is 35.4 Å². The Hall–Kier alpha value is -2.74. The summed E-state index contributed by atoms with van der Waals surface area (Å²) in [5.74, 6) is -1.26. The second-order valence-electron chi connectivity index (χ2n) is 7.18. The highest BCUT2D eigenvalue weighted by Crippen LogP contribution is 2.31. The monoisotopic (exact) mass is 429 g/mol. The number of ether oxygens (including phenoxy) is 1. The van der Waals surface area contributed by atoms with Gasteiger partial charge in [0, 0.05) is 42.8 Å². The molecule has 0 bridgehead atoms. The molecule has 30 heavy (non-hydrogen) atoms. The van der Waals surface area contributed by atoms with E-state index in [-0.39, 0.29) is 23.2 Å². The molecule has 0 unspecified atom stereocenters. The van der Waals surface area contributed by atoms with Crippen molar-refractivity contribution < 1.29 is 19.0 Å². The molecular formula is C22H21ClFN3O3. The first-order chi connectivity index (χ1) is 14.5. The maximum absolute atomic E-state index is 14.3. The van der Waals surface area contributed by atoms with Gasteiger partial charge in [0.15, 0.2) is 0 Å². The number of hydrogen-bond donors (Lipinski definition) is 2. The maximum Gasteiger partial charge on any atom is 0.256 e. The van der Waals surface area contributed by atoms with Crippen LogP contribution in [0.1, 0.15) is 21.5 Å². The van der Waals surface area contributed by atoms with Crippen molar-refractivity contribution in [1.82, 2.24) is 15.2 Å². The Kier molecular flexibility index (Phi) is 6.13. The zero-order chi connectivity index (χ0) is 21.1. The van der Waals surface area contributed by atoms with Crippen LogP contribution < -0.4 is 5.32 Å². The number of fused-ring (bicyclic) bond motifs is 1. The molecule has 156 valence electrons. The fraction of sp³-hybridized carbons (Fsp3) is 0.273. The van der Waals surface area contributed by atoms with Gasteiger partial charge in [-0.15, -0.1) is 0 Å². The number of halogens is 2. The van der Waals surface area contributed by atoms with Crippen LogP contribution in [0.15, 0.2) is 42.6 Å². The normalized spacial score (nSPS) is 14.7. The third-order valence-corrected chi connectivity index (χ3v) is 5.35. The molecule has 2 heterocycles. The minimum absolute atomic E-state index is 0.000568. The van der Waals surface area contributed by atoms with E-state index in [1.54, 1.807) is 24.3 Å². The van der Waals surface area contributed by atoms with E-state index in [0.717, 1.165) is 18.7 Å². The van der Waals surface area contributed by atoms with Crippen LogP contribution in [0.4, 0.5) is 4.39 Å². The fourth-order valence-electron chi connectivity index (χ4n) is 3.49. The number of nitrogens with zero attached hydrogens (tertiary/aromatic N) is 2. The van der Waals surface area contributed by atoms with E-state index in [1.165, 1.54) is 18.3 Å². The molecule has 1 aliphatic heterocycles. The molecule has 1 saturated heterocycles. The van der Waals surface area contributed by atoms with Crippen LogP contribution in [0.25, 0.3) is 10.9 Å². The van der Waals surface area contributed by atoms with Crippen LogP contribution in [-0.2, 0) is 17.8 Å². The molecule has 1 amide bonds. The highest BCUT2D eigenvalue weighted by atomic mass is 35.5. The van der Waals surface area contributed by atoms with Gasteiger partial charge in [0.1, 0.15) is 17.1 Å². The van der Waals surface area contributed by atoms with Gasteiger partial charge in [0.25, 0.3) is 5.91 Å². The predicted molar refractivity (Wildman–Crippen MR) is 112 cm³/mol. The van der Waals surface area contributed by atoms with Gasteiger partial charge in [0.05, 0.1) is 18.7 Å². The molecule has 4 rings (SSSR count). The molecule has 1 aromatic heterocycles. The van der Waals surface area contributed by atoms with Crippen molar-refractivity contribution in [3.8, 4) is 5.75 Å². The number of morpholine rings is 1. The Morgan fingerprint density at radius 1 is 1.23 bits per heavy atom. The van der Waals surface area contributed by atoms with E-state index in [1.807, 2.05) is 0 Å². The molecule has 8 heteroatoms. The molecule has 0 atom stereocenters. The van der Waals surface area contributed by atoms with Crippen LogP contribution in [0, 0.1) is 5.82 Å². The van der Waals surface area contributed by atoms with Gasteiger partial charge in [-0.1, -0.05) is 23.7 Å². The van der Waals surface area contributed by atoms with E-state index in [9.17, 15) is 14.3 Å². The highest BCUT2D eigenvalue weighted by Gasteiger charge is 2.19. The summed E-state index contributed by atoms with van der Waals surface area (Å²) in [5, 5.41) is 14.3. The summed E-state index contributed by atoms with van der Waals surface area (Å²) in [5.41, 5.74) is 2.00. The first kappa shape index (κ1) is 20.5. The van der Waals surface area contributed by atoms with Gasteiger partial charge in [-0.2, -0.15) is 0 Å². The van der Waals surface area contributed by atoms with E-state index >= 15 is 0 Å². The number of aromatic nitrogens is 1. The number of hydrogen-bond acceptors (Lipinski definition) is 5. The predicted octanol–water partition coefficient (Wildman–Crippen LogP) is 3.50. The average molecular weight is 430 g/mol. The molecule has 6 nitrogen and oxygen atoms in total. The lowest BCUT2D eigenvalue weighted by Gasteiger charge is -2.27. The van der Waals surface area contributed by atoms with E-state index < -0.39 is 11.7 Å². The standard InChI is InChI=1S/C22H21ClFN3O3/c23-16-3-1-14(2-4-16)11-26-22(29)19-12-25-20-15(13-27-5-7-30-8-6-27)9-17(24)10-18(20)21(19)28/h1-4,9-10,12H,5-8,11,13H2,(H,25,28)(H,26,29). The van der Waals surface area contributed by atoms with Gasteiger partial charge < -0.3 is 15.2 Å². The highest BCUT2D eigenvalue weighted by molar-refractivity contribution is 6.30. The Balaban J connectivity index is 1.58. The molecule has 2 aromatic carbocycles. The Morgan fingerprint density at radius 3 is 2.70 bits per heavy atom. The van der Waals surface area contributed by atoms with Gasteiger partial charge in [-0.25, -0.2) is 4.39 Å². The van der Waals surface area contributed by atoms with Gasteiger partial charge >= 0.3 is 0 Å². The number of aromatic hydroxyl groups is 1. The number of carbonyl (C=O) groups excluding carboxylic acids is 1. The minimum atomic E-state index is -0.490. The largest absolute Gasteiger partial charge is 0.506 e. The molecule has 0 aliphatic carbocycles. The van der Waals surface area contributed by atoms with Crippen molar-refractivity contribution in [3.63, 3.8) is 0 Å². The van der Waals surface area contributed by atoms with Crippen molar-refractivity contribution >= 4 is 28.4 Å². The van der Waals surface area contributed by atoms with E-state index in [2.05, 4.69) is 15.2 Å². The van der Waals surface area contributed by atoms with Crippen LogP contribution in [0.5, 0.6) is 5.75 Å². The lowest BCUT2D eigenvalue weighted by atomic mass is 10.0. The molecule has 2 N–H and O–H groups in total. The number of rotatable bonds is 5. The van der Waals surface area contributed by atoms with Crippen molar-refractivity contribution in [2.75, 3.05) is 26.3 Å². The topological polar surface area (TPSA) is 74.7 Å². The van der Waals surface area contributed by atoms with Crippen molar-refractivity contribution in [2.24, 2.45) is 0 Å². The molecule has 1 aliphatic rings. The third-order valence-electron chi connectivity index (χ3n) is 5.10. The van der Waals surface area contributed by atoms with Crippen LogP contribution in [-0.4, -0.2) is 47.2 Å². The Labute approximate surface area is 178 Å². The summed E-state index contributed by atoms with van der Waals surface area (Å²) in [6.45, 7) is 3.50. The van der Waals surface area contributed by atoms with Crippen LogP contribution in [0.3, 0.4) is 0 Å². The number of benzene rings is 2. The first-order valence-electron chi connectivity index (χ1n) is 9.64. The summed E-state index contributed by atoms with van der Waals surface area (Å²) in [6, 6.07) is 9.69. The first-order valence-corrected chi connectivity index (χ1v) is 10.0. The lowest BCUT2D eigenvalue weighted by molar-refractivity contribution is 0.0343. The zero-order valence-electron chi connectivity index (χ0n) is 16.2. The van der Waals surface area contributed by atoms with E-state index in [0.29, 0.717) is 35.9 Å². The zero-order valence-corrected chi connectivity index (χ0v) is 17.0. The molecular weight excluding hydrogens is 409 g/mol. The summed E-state index contributed by atoms with van der Waals surface area (Å²) >= 11 is 5.87. The van der Waals surface area contributed by atoms with Crippen molar-refractivity contribution in [1.29, 1.82) is 0 Å². The molecule has 1 fully saturated rings. The van der Waals surface area contributed by atoms with Gasteiger partial charge in [-0.3, -0.25) is 14.7 Å². The summed E-state index contributed by atoms with van der Waals surface area (Å²) in [4.78, 5) is 19.1. The number of carbonyl (C=O) groups is 1. The summed E-state index contributed by atoms with van der Waals surface area (Å²) in [7, 11) is 0. The summed E-state index contributed by atoms with van der Waals surface area (Å²) < 4.78 is 19.6. The summed E-state index contributed by atoms with van der Waals surface area (Å²) in [6.07, 6.45) is 1.33. The third kappa shape index (κ3) is 4.53. The Morgan fingerprint density at radius 2 is 1.97 bits per heavy atom. The smallest absolute Gasteiger partial charge is 0.256 e. The molecule has 0 radical (unpaired) electrons. The second kappa shape index (κ2) is 8.95. The Bertz CT molecular complexity index is 1070. The SMILES string of the molecule is O=C(NCc1ccc(Cl)cc1)c1cnc2c(CN3CCOCC3)cc(F)cc2c1O. The fourth-order valence-corrected chi connectivity index (χ4v) is 3.62. The minimum Gasteiger partial charge on any atom is -0.506 e. The number of nitrogens with one attached hydrogen (secondary N) is 1. The van der Waals surface area contributed by atoms with Crippen LogP contribution in [0.2, 0.25) is 5.02 Å². The van der Waals surface area contributed by atoms with Crippen molar-refractivity contribution in [2.45, 2.75) is 13.1 Å². The quantitative estimate of drug-likeness (QED) is 0.649. The van der Waals surface area contributed by atoms with Gasteiger partial charge in [0.2, 0.25) is 0 Å². The number of pyridine rings is 1. The van der Waals surface area contributed by atoms with Crippen LogP contribution >= 0.6 is 11.6 Å². The number of amides is 1. The molecule has 3 aromatic rings. The maximum atomic E-state index is 14.3. The molecule has 0 spiro atoms. The van der Waals surface area contributed by atoms with Crippen molar-refractivity contribution in [3.05, 3.63) is 70.1 Å². The lowest BCUT2D eigenvalue weighted by Crippen LogP contribution is -2.35. The molecule has 0 saturated carbocycles.